The Morgan fingerprint density at radius 3 is 2.32 bits per heavy atom. The third kappa shape index (κ3) is 5.22. The fourth-order valence-corrected chi connectivity index (χ4v) is 6.44. The molecule has 1 N–H and O–H groups in total. The highest BCUT2D eigenvalue weighted by atomic mass is 79.9. The molecule has 0 aliphatic carbocycles. The van der Waals surface area contributed by atoms with Crippen molar-refractivity contribution in [1.29, 1.82) is 0 Å². The first-order chi connectivity index (χ1) is 17.4. The monoisotopic (exact) mass is 600 g/mol. The molecule has 4 unspecified atom stereocenters. The van der Waals surface area contributed by atoms with Gasteiger partial charge in [0.1, 0.15) is 18.7 Å². The van der Waals surface area contributed by atoms with Crippen LogP contribution in [0.3, 0.4) is 0 Å². The van der Waals surface area contributed by atoms with Gasteiger partial charge in [-0.15, -0.1) is 6.58 Å². The van der Waals surface area contributed by atoms with Gasteiger partial charge in [0.25, 0.3) is 0 Å². The van der Waals surface area contributed by atoms with E-state index in [4.69, 9.17) is 0 Å². The molecule has 3 fully saturated rings. The van der Waals surface area contributed by atoms with Crippen LogP contribution >= 0.6 is 0 Å². The average molecular weight is 601 g/mol. The number of halogens is 7. The fraction of sp³-hybridized carbons (Fsp3) is 0.393. The molecule has 3 aliphatic rings. The number of rotatable bonds is 5. The maximum absolute atomic E-state index is 13.6. The summed E-state index contributed by atoms with van der Waals surface area (Å²) in [5.74, 6) is 0.316. The first-order valence-electron chi connectivity index (χ1n) is 12.2. The summed E-state index contributed by atoms with van der Waals surface area (Å²) < 4.78 is 81.6. The first kappa shape index (κ1) is 28.6. The minimum Gasteiger partial charge on any atom is -1.00 e. The molecule has 5 atom stereocenters. The number of nitrogens with zero attached hydrogens (tertiary/aromatic N) is 2. The Hall–Kier alpha value is -2.43. The third-order valence-electron chi connectivity index (χ3n) is 8.19. The zero-order valence-corrected chi connectivity index (χ0v) is 21.9. The van der Waals surface area contributed by atoms with E-state index in [9.17, 15) is 31.4 Å². The van der Waals surface area contributed by atoms with Crippen molar-refractivity contribution >= 4 is 10.9 Å². The molecule has 3 saturated heterocycles. The Balaban J connectivity index is 0.00000336. The maximum atomic E-state index is 13.6. The zero-order chi connectivity index (χ0) is 26.6. The number of piperidine rings is 3. The topological polar surface area (TPSA) is 33.1 Å². The number of hydrogen-bond donors (Lipinski definition) is 1. The van der Waals surface area contributed by atoms with Crippen molar-refractivity contribution in [1.82, 2.24) is 4.98 Å². The molecule has 0 spiro atoms. The van der Waals surface area contributed by atoms with Gasteiger partial charge < -0.3 is 26.6 Å². The molecular weight excluding hydrogens is 574 g/mol. The van der Waals surface area contributed by atoms with Crippen molar-refractivity contribution in [2.24, 2.45) is 11.8 Å². The van der Waals surface area contributed by atoms with Gasteiger partial charge >= 0.3 is 12.4 Å². The zero-order valence-electron chi connectivity index (χ0n) is 20.3. The van der Waals surface area contributed by atoms with E-state index in [0.717, 1.165) is 23.9 Å². The van der Waals surface area contributed by atoms with Gasteiger partial charge in [-0.25, -0.2) is 0 Å². The summed E-state index contributed by atoms with van der Waals surface area (Å²) in [7, 11) is 0. The van der Waals surface area contributed by atoms with Crippen LogP contribution < -0.4 is 17.0 Å². The van der Waals surface area contributed by atoms with Crippen LogP contribution in [0.15, 0.2) is 67.4 Å². The van der Waals surface area contributed by atoms with Crippen LogP contribution in [-0.4, -0.2) is 33.7 Å². The largest absolute Gasteiger partial charge is 1.00 e. The molecule has 3 aromatic rings. The summed E-state index contributed by atoms with van der Waals surface area (Å²) in [4.78, 5) is 4.35. The van der Waals surface area contributed by atoms with E-state index in [1.54, 1.807) is 12.3 Å². The summed E-state index contributed by atoms with van der Waals surface area (Å²) in [6, 6.07) is 10.5. The molecule has 0 saturated carbocycles. The second kappa shape index (κ2) is 10.3. The quantitative estimate of drug-likeness (QED) is 0.274. The second-order valence-electron chi connectivity index (χ2n) is 10.3. The van der Waals surface area contributed by atoms with Gasteiger partial charge in [0.2, 0.25) is 0 Å². The van der Waals surface area contributed by atoms with Crippen molar-refractivity contribution in [3.8, 4) is 0 Å². The van der Waals surface area contributed by atoms with E-state index < -0.39 is 35.6 Å². The predicted octanol–water partition coefficient (Wildman–Crippen LogP) is 3.92. The standard InChI is InChI=1S/C28H27F6N2O.BrH/c1-2-18-16-36(15-17-11-20(27(29,30)31)14-21(12-17)28(32,33)34)10-8-19(18)13-25(36)26(37)23-7-9-35-24-6-4-3-5-22(23)24;/h2-7,9,11-12,14,18-19,25-26,37H,1,8,10,13,15-16H2;1H/q+1;/p-1/t18?,19?,25-,26?,36?;/m0./s1. The van der Waals surface area contributed by atoms with Crippen molar-refractivity contribution in [2.75, 3.05) is 13.1 Å². The van der Waals surface area contributed by atoms with Gasteiger partial charge in [-0.05, 0) is 41.8 Å². The Morgan fingerprint density at radius 1 is 1.03 bits per heavy atom. The summed E-state index contributed by atoms with van der Waals surface area (Å²) in [6.45, 7) is 4.93. The number of aliphatic hydroxyl groups excluding tert-OH is 1. The molecule has 6 rings (SSSR count). The van der Waals surface area contributed by atoms with E-state index in [1.807, 2.05) is 30.3 Å². The van der Waals surface area contributed by atoms with Crippen molar-refractivity contribution in [3.63, 3.8) is 0 Å². The van der Waals surface area contributed by atoms with Gasteiger partial charge in [-0.3, -0.25) is 4.98 Å². The van der Waals surface area contributed by atoms with E-state index >= 15 is 0 Å². The number of pyridine rings is 1. The highest BCUT2D eigenvalue weighted by molar-refractivity contribution is 5.82. The van der Waals surface area contributed by atoms with Crippen LogP contribution in [0, 0.1) is 11.8 Å². The highest BCUT2D eigenvalue weighted by Gasteiger charge is 2.54. The molecule has 3 aliphatic heterocycles. The number of hydrogen-bond acceptors (Lipinski definition) is 2. The number of aromatic nitrogens is 1. The van der Waals surface area contributed by atoms with Crippen LogP contribution in [0.4, 0.5) is 26.3 Å². The van der Waals surface area contributed by atoms with Gasteiger partial charge in [-0.1, -0.05) is 24.3 Å². The lowest BCUT2D eigenvalue weighted by atomic mass is 9.71. The number of fused-ring (bicyclic) bond motifs is 4. The van der Waals surface area contributed by atoms with E-state index in [2.05, 4.69) is 11.6 Å². The Bertz CT molecular complexity index is 1290. The van der Waals surface area contributed by atoms with Crippen LogP contribution in [0.2, 0.25) is 0 Å². The van der Waals surface area contributed by atoms with Gasteiger partial charge in [0.05, 0.1) is 29.7 Å². The summed E-state index contributed by atoms with van der Waals surface area (Å²) in [5.41, 5.74) is -1.31. The number of benzene rings is 2. The Morgan fingerprint density at radius 2 is 1.68 bits per heavy atom. The third-order valence-corrected chi connectivity index (χ3v) is 8.19. The molecule has 2 bridgehead atoms. The minimum atomic E-state index is -4.91. The van der Waals surface area contributed by atoms with Gasteiger partial charge in [0, 0.05) is 35.9 Å². The lowest BCUT2D eigenvalue weighted by Gasteiger charge is -2.58. The van der Waals surface area contributed by atoms with Crippen LogP contribution in [0.1, 0.15) is 41.2 Å². The molecule has 3 nitrogen and oxygen atoms in total. The summed E-state index contributed by atoms with van der Waals surface area (Å²) in [5, 5.41) is 12.5. The maximum Gasteiger partial charge on any atom is 0.416 e. The molecular formula is C28H27BrF6N2O. The molecule has 204 valence electrons. The van der Waals surface area contributed by atoms with Crippen LogP contribution in [0.5, 0.6) is 0 Å². The average Bonchev–Trinajstić information content (AvgIpc) is 2.86. The predicted molar refractivity (Wildman–Crippen MR) is 127 cm³/mol. The van der Waals surface area contributed by atoms with Crippen molar-refractivity contribution < 1.29 is 52.9 Å². The molecule has 0 radical (unpaired) electrons. The smallest absolute Gasteiger partial charge is 0.416 e. The Kier molecular flexibility index (Phi) is 7.73. The highest BCUT2D eigenvalue weighted by Crippen LogP contribution is 2.48. The lowest BCUT2D eigenvalue weighted by molar-refractivity contribution is -0.984. The molecule has 1 aromatic heterocycles. The minimum absolute atomic E-state index is 0. The Labute approximate surface area is 227 Å². The number of alkyl halides is 6. The first-order valence-corrected chi connectivity index (χ1v) is 12.2. The molecule has 0 amide bonds. The van der Waals surface area contributed by atoms with E-state index in [1.165, 1.54) is 0 Å². The number of quaternary nitrogens is 1. The van der Waals surface area contributed by atoms with Gasteiger partial charge in [-0.2, -0.15) is 26.3 Å². The normalized spacial score (nSPS) is 26.1. The molecule has 38 heavy (non-hydrogen) atoms. The van der Waals surface area contributed by atoms with Crippen molar-refractivity contribution in [2.45, 2.75) is 43.9 Å². The van der Waals surface area contributed by atoms with Gasteiger partial charge in [0.15, 0.2) is 0 Å². The number of aliphatic hydroxyl groups is 1. The lowest BCUT2D eigenvalue weighted by Crippen LogP contribution is -3.00. The summed E-state index contributed by atoms with van der Waals surface area (Å²) in [6.07, 6.45) is -5.99. The van der Waals surface area contributed by atoms with Crippen LogP contribution in [0.25, 0.3) is 10.9 Å². The van der Waals surface area contributed by atoms with E-state index in [-0.39, 0.29) is 51.5 Å². The molecule has 10 heteroatoms. The second-order valence-corrected chi connectivity index (χ2v) is 10.3. The van der Waals surface area contributed by atoms with Crippen LogP contribution in [-0.2, 0) is 18.9 Å². The summed E-state index contributed by atoms with van der Waals surface area (Å²) >= 11 is 0. The van der Waals surface area contributed by atoms with E-state index in [0.29, 0.717) is 30.6 Å². The SMILES string of the molecule is C=CC1C[N+]2(Cc3cc(C(F)(F)F)cc(C(F)(F)F)c3)CCC1C[C@H]2C(O)c1ccnc2ccccc12.[Br-]. The van der Waals surface area contributed by atoms with Crippen molar-refractivity contribution in [3.05, 3.63) is 89.6 Å². The molecule has 2 aromatic carbocycles. The fourth-order valence-electron chi connectivity index (χ4n) is 6.44. The molecule has 4 heterocycles. The number of para-hydroxylation sites is 1.